The first kappa shape index (κ1) is 13.1. The Morgan fingerprint density at radius 1 is 1.30 bits per heavy atom. The van der Waals surface area contributed by atoms with Crippen molar-refractivity contribution in [1.29, 1.82) is 0 Å². The Hall–Kier alpha value is -1.88. The molecule has 1 fully saturated rings. The van der Waals surface area contributed by atoms with Gasteiger partial charge in [0.1, 0.15) is 0 Å². The predicted molar refractivity (Wildman–Crippen MR) is 83.5 cm³/mol. The van der Waals surface area contributed by atoms with Crippen LogP contribution in [-0.4, -0.2) is 27.0 Å². The number of aromatic amines is 1. The number of nitrogens with one attached hydrogen (secondary N) is 2. The van der Waals surface area contributed by atoms with E-state index in [4.69, 9.17) is 12.2 Å². The third kappa shape index (κ3) is 2.08. The summed E-state index contributed by atoms with van der Waals surface area (Å²) in [5.74, 6) is 0. The van der Waals surface area contributed by atoms with Gasteiger partial charge in [0, 0.05) is 24.6 Å². The lowest BCUT2D eigenvalue weighted by atomic mass is 9.97. The van der Waals surface area contributed by atoms with E-state index in [-0.39, 0.29) is 12.1 Å². The van der Waals surface area contributed by atoms with Crippen molar-refractivity contribution >= 4 is 17.3 Å². The van der Waals surface area contributed by atoms with Gasteiger partial charge in [-0.25, -0.2) is 0 Å². The molecule has 1 aliphatic rings. The molecule has 5 heteroatoms. The van der Waals surface area contributed by atoms with Crippen LogP contribution in [0.4, 0.5) is 0 Å². The van der Waals surface area contributed by atoms with Crippen LogP contribution < -0.4 is 5.32 Å². The molecule has 4 nitrogen and oxygen atoms in total. The molecule has 0 unspecified atom stereocenters. The van der Waals surface area contributed by atoms with Gasteiger partial charge in [-0.1, -0.05) is 6.07 Å². The summed E-state index contributed by atoms with van der Waals surface area (Å²) in [5.41, 5.74) is 4.64. The third-order valence-corrected chi connectivity index (χ3v) is 4.25. The fourth-order valence-corrected chi connectivity index (χ4v) is 3.14. The van der Waals surface area contributed by atoms with Crippen molar-refractivity contribution < 1.29 is 0 Å². The predicted octanol–water partition coefficient (Wildman–Crippen LogP) is 2.63. The average molecular weight is 286 g/mol. The van der Waals surface area contributed by atoms with E-state index in [0.29, 0.717) is 0 Å². The summed E-state index contributed by atoms with van der Waals surface area (Å²) in [4.78, 5) is 9.97. The maximum Gasteiger partial charge on any atom is 0.169 e. The van der Waals surface area contributed by atoms with Crippen LogP contribution in [0, 0.1) is 13.8 Å². The van der Waals surface area contributed by atoms with Crippen LogP contribution in [-0.2, 0) is 0 Å². The van der Waals surface area contributed by atoms with E-state index in [2.05, 4.69) is 40.1 Å². The molecule has 3 heterocycles. The maximum atomic E-state index is 5.42. The number of aryl methyl sites for hydroxylation is 2. The van der Waals surface area contributed by atoms with Crippen molar-refractivity contribution in [2.75, 3.05) is 7.05 Å². The number of pyridine rings is 1. The van der Waals surface area contributed by atoms with Crippen molar-refractivity contribution in [3.05, 3.63) is 53.1 Å². The van der Waals surface area contributed by atoms with Crippen molar-refractivity contribution in [3.8, 4) is 0 Å². The average Bonchev–Trinajstić information content (AvgIpc) is 2.91. The smallest absolute Gasteiger partial charge is 0.169 e. The number of nitrogens with zero attached hydrogens (tertiary/aromatic N) is 2. The van der Waals surface area contributed by atoms with Gasteiger partial charge in [0.25, 0.3) is 0 Å². The van der Waals surface area contributed by atoms with E-state index in [0.717, 1.165) is 10.8 Å². The van der Waals surface area contributed by atoms with E-state index in [1.54, 1.807) is 0 Å². The summed E-state index contributed by atoms with van der Waals surface area (Å²) in [6.07, 6.45) is 1.82. The summed E-state index contributed by atoms with van der Waals surface area (Å²) < 4.78 is 0. The molecule has 20 heavy (non-hydrogen) atoms. The first-order chi connectivity index (χ1) is 9.58. The number of hydrogen-bond donors (Lipinski definition) is 2. The molecule has 2 atom stereocenters. The first-order valence-corrected chi connectivity index (χ1v) is 7.09. The molecule has 0 aliphatic carbocycles. The highest BCUT2D eigenvalue weighted by Gasteiger charge is 2.38. The van der Waals surface area contributed by atoms with Crippen LogP contribution >= 0.6 is 12.2 Å². The van der Waals surface area contributed by atoms with Gasteiger partial charge in [0.05, 0.1) is 17.8 Å². The Kier molecular flexibility index (Phi) is 3.22. The molecule has 0 saturated carbocycles. The minimum absolute atomic E-state index is 0.0857. The van der Waals surface area contributed by atoms with E-state index < -0.39 is 0 Å². The standard InChI is InChI=1S/C15H18N4S/c1-9-8-11(10(2)17-9)14-13(18-15(20)19(14)3)12-6-4-5-7-16-12/h4-8,13-14,17H,1-3H3,(H,18,20)/t13-,14+/m0/s1. The number of likely N-dealkylation sites (N-methyl/N-ethyl adjacent to an activating group) is 1. The SMILES string of the molecule is Cc1cc([C@@H]2[C@H](c3ccccn3)NC(=S)N2C)c(C)[nH]1. The Morgan fingerprint density at radius 2 is 2.10 bits per heavy atom. The molecule has 0 radical (unpaired) electrons. The van der Waals surface area contributed by atoms with Crippen molar-refractivity contribution in [1.82, 2.24) is 20.2 Å². The van der Waals surface area contributed by atoms with Crippen molar-refractivity contribution in [2.45, 2.75) is 25.9 Å². The highest BCUT2D eigenvalue weighted by atomic mass is 32.1. The number of thiocarbonyl (C=S) groups is 1. The van der Waals surface area contributed by atoms with Crippen LogP contribution in [0.25, 0.3) is 0 Å². The van der Waals surface area contributed by atoms with E-state index in [1.807, 2.05) is 31.4 Å². The summed E-state index contributed by atoms with van der Waals surface area (Å²) in [5, 5.41) is 4.15. The topological polar surface area (TPSA) is 44.0 Å². The van der Waals surface area contributed by atoms with Gasteiger partial charge < -0.3 is 15.2 Å². The molecular formula is C15H18N4S. The Bertz CT molecular complexity index is 635. The summed E-state index contributed by atoms with van der Waals surface area (Å²) in [6.45, 7) is 4.18. The highest BCUT2D eigenvalue weighted by Crippen LogP contribution is 2.38. The lowest BCUT2D eigenvalue weighted by Gasteiger charge is -2.24. The lowest BCUT2D eigenvalue weighted by Crippen LogP contribution is -2.25. The van der Waals surface area contributed by atoms with Crippen LogP contribution in [0.15, 0.2) is 30.5 Å². The van der Waals surface area contributed by atoms with E-state index in [1.165, 1.54) is 17.0 Å². The molecule has 0 bridgehead atoms. The normalized spacial score (nSPS) is 22.1. The largest absolute Gasteiger partial charge is 0.362 e. The molecule has 0 spiro atoms. The number of H-pyrrole nitrogens is 1. The third-order valence-electron chi connectivity index (χ3n) is 3.85. The first-order valence-electron chi connectivity index (χ1n) is 6.68. The molecule has 1 aliphatic heterocycles. The molecule has 2 aromatic heterocycles. The molecule has 3 rings (SSSR count). The van der Waals surface area contributed by atoms with Crippen molar-refractivity contribution in [3.63, 3.8) is 0 Å². The summed E-state index contributed by atoms with van der Waals surface area (Å²) in [7, 11) is 2.03. The van der Waals surface area contributed by atoms with Crippen LogP contribution in [0.3, 0.4) is 0 Å². The summed E-state index contributed by atoms with van der Waals surface area (Å²) in [6, 6.07) is 8.44. The molecule has 0 amide bonds. The zero-order chi connectivity index (χ0) is 14.3. The molecule has 2 aromatic rings. The molecular weight excluding hydrogens is 268 g/mol. The minimum Gasteiger partial charge on any atom is -0.362 e. The number of aromatic nitrogens is 2. The second-order valence-electron chi connectivity index (χ2n) is 5.27. The zero-order valence-electron chi connectivity index (χ0n) is 11.8. The Balaban J connectivity index is 2.05. The van der Waals surface area contributed by atoms with Crippen molar-refractivity contribution in [2.24, 2.45) is 0 Å². The maximum absolute atomic E-state index is 5.42. The van der Waals surface area contributed by atoms with Gasteiger partial charge in [-0.2, -0.15) is 0 Å². The molecule has 1 saturated heterocycles. The Labute approximate surface area is 124 Å². The fourth-order valence-electron chi connectivity index (χ4n) is 2.90. The van der Waals surface area contributed by atoms with Gasteiger partial charge >= 0.3 is 0 Å². The zero-order valence-corrected chi connectivity index (χ0v) is 12.7. The highest BCUT2D eigenvalue weighted by molar-refractivity contribution is 7.80. The van der Waals surface area contributed by atoms with E-state index in [9.17, 15) is 0 Å². The second-order valence-corrected chi connectivity index (χ2v) is 5.66. The number of rotatable bonds is 2. The van der Waals surface area contributed by atoms with E-state index >= 15 is 0 Å². The van der Waals surface area contributed by atoms with Gasteiger partial charge in [0.2, 0.25) is 0 Å². The quantitative estimate of drug-likeness (QED) is 0.833. The van der Waals surface area contributed by atoms with Gasteiger partial charge in [-0.3, -0.25) is 4.98 Å². The van der Waals surface area contributed by atoms with Gasteiger partial charge in [0.15, 0.2) is 5.11 Å². The Morgan fingerprint density at radius 3 is 2.70 bits per heavy atom. The van der Waals surface area contributed by atoms with Crippen LogP contribution in [0.1, 0.15) is 34.7 Å². The minimum atomic E-state index is 0.0857. The molecule has 0 aromatic carbocycles. The summed E-state index contributed by atoms with van der Waals surface area (Å²) >= 11 is 5.42. The van der Waals surface area contributed by atoms with Crippen LogP contribution in [0.5, 0.6) is 0 Å². The van der Waals surface area contributed by atoms with Gasteiger partial charge in [-0.05, 0) is 49.8 Å². The lowest BCUT2D eigenvalue weighted by molar-refractivity contribution is 0.367. The van der Waals surface area contributed by atoms with Crippen LogP contribution in [0.2, 0.25) is 0 Å². The second kappa shape index (κ2) is 4.90. The molecule has 104 valence electrons. The number of hydrogen-bond acceptors (Lipinski definition) is 2. The van der Waals surface area contributed by atoms with Gasteiger partial charge in [-0.15, -0.1) is 0 Å². The molecule has 2 N–H and O–H groups in total. The monoisotopic (exact) mass is 286 g/mol. The fraction of sp³-hybridized carbons (Fsp3) is 0.333.